The average Bonchev–Trinajstić information content (AvgIpc) is 2.61. The molecule has 0 spiro atoms. The lowest BCUT2D eigenvalue weighted by molar-refractivity contribution is 1.35. The predicted molar refractivity (Wildman–Crippen MR) is 112 cm³/mol. The molecule has 0 radical (unpaired) electrons. The molecular formula is C25H24. The van der Waals surface area contributed by atoms with E-state index in [2.05, 4.69) is 101 Å². The van der Waals surface area contributed by atoms with Crippen LogP contribution >= 0.6 is 0 Å². The summed E-state index contributed by atoms with van der Waals surface area (Å²) < 4.78 is 0. The Labute approximate surface area is 150 Å². The third-order valence-electron chi connectivity index (χ3n) is 4.74. The highest BCUT2D eigenvalue weighted by Gasteiger charge is 2.12. The van der Waals surface area contributed by atoms with Crippen molar-refractivity contribution in [2.75, 3.05) is 0 Å². The van der Waals surface area contributed by atoms with Crippen LogP contribution in [-0.4, -0.2) is 0 Å². The van der Waals surface area contributed by atoms with E-state index < -0.39 is 0 Å². The van der Waals surface area contributed by atoms with Gasteiger partial charge in [0.2, 0.25) is 0 Å². The zero-order valence-corrected chi connectivity index (χ0v) is 15.3. The fourth-order valence-electron chi connectivity index (χ4n) is 3.36. The third-order valence-corrected chi connectivity index (χ3v) is 4.74. The summed E-state index contributed by atoms with van der Waals surface area (Å²) in [5.41, 5.74) is 7.97. The summed E-state index contributed by atoms with van der Waals surface area (Å²) in [6.45, 7) is 15.0. The molecule has 0 nitrogen and oxygen atoms in total. The maximum atomic E-state index is 4.37. The first-order valence-electron chi connectivity index (χ1n) is 8.63. The molecule has 0 atom stereocenters. The largest absolute Gasteiger partial charge is 0.0905 e. The first-order chi connectivity index (χ1) is 12.0. The molecule has 124 valence electrons. The lowest BCUT2D eigenvalue weighted by atomic mass is 9.87. The second-order valence-electron chi connectivity index (χ2n) is 6.54. The summed E-state index contributed by atoms with van der Waals surface area (Å²) >= 11 is 0. The highest BCUT2D eigenvalue weighted by Crippen LogP contribution is 2.34. The van der Waals surface area contributed by atoms with Crippen molar-refractivity contribution in [3.63, 3.8) is 0 Å². The molecule has 0 saturated heterocycles. The van der Waals surface area contributed by atoms with Crippen molar-refractivity contribution >= 4 is 21.9 Å². The number of rotatable bonds is 4. The Balaban J connectivity index is 1.99. The zero-order valence-electron chi connectivity index (χ0n) is 15.3. The molecule has 0 aliphatic heterocycles. The summed E-state index contributed by atoms with van der Waals surface area (Å²) in [5.74, 6) is 0. The summed E-state index contributed by atoms with van der Waals surface area (Å²) in [4.78, 5) is 0. The Morgan fingerprint density at radius 1 is 0.800 bits per heavy atom. The van der Waals surface area contributed by atoms with E-state index in [0.717, 1.165) is 22.3 Å². The van der Waals surface area contributed by atoms with Crippen molar-refractivity contribution in [1.29, 1.82) is 0 Å². The molecule has 0 fully saturated rings. The number of hydrogen-bond donors (Lipinski definition) is 0. The molecular weight excluding hydrogens is 300 g/mol. The molecule has 0 saturated carbocycles. The van der Waals surface area contributed by atoms with E-state index in [9.17, 15) is 0 Å². The van der Waals surface area contributed by atoms with Crippen molar-refractivity contribution in [2.24, 2.45) is 0 Å². The van der Waals surface area contributed by atoms with Crippen LogP contribution in [0.25, 0.3) is 21.9 Å². The van der Waals surface area contributed by atoms with Gasteiger partial charge in [0.05, 0.1) is 0 Å². The number of aryl methyl sites for hydroxylation is 2. The van der Waals surface area contributed by atoms with Crippen LogP contribution in [0, 0.1) is 13.8 Å². The van der Waals surface area contributed by atoms with Gasteiger partial charge in [0.25, 0.3) is 0 Å². The van der Waals surface area contributed by atoms with Gasteiger partial charge in [0, 0.05) is 0 Å². The summed E-state index contributed by atoms with van der Waals surface area (Å²) in [6.07, 6.45) is 2.11. The van der Waals surface area contributed by atoms with Gasteiger partial charge in [-0.2, -0.15) is 0 Å². The number of hydrogen-bond acceptors (Lipinski definition) is 0. The molecule has 0 heteroatoms. The zero-order chi connectivity index (χ0) is 18.0. The highest BCUT2D eigenvalue weighted by molar-refractivity contribution is 5.99. The van der Waals surface area contributed by atoms with Crippen LogP contribution < -0.4 is 0 Å². The number of fused-ring (bicyclic) bond motifs is 1. The van der Waals surface area contributed by atoms with E-state index in [1.165, 1.54) is 27.5 Å². The van der Waals surface area contributed by atoms with Crippen LogP contribution in [0.4, 0.5) is 0 Å². The van der Waals surface area contributed by atoms with Gasteiger partial charge in [-0.05, 0) is 71.0 Å². The Morgan fingerprint density at radius 2 is 1.52 bits per heavy atom. The average molecular weight is 324 g/mol. The molecule has 25 heavy (non-hydrogen) atoms. The molecule has 3 aromatic carbocycles. The van der Waals surface area contributed by atoms with Gasteiger partial charge in [-0.25, -0.2) is 0 Å². The second-order valence-corrected chi connectivity index (χ2v) is 6.54. The third kappa shape index (κ3) is 3.34. The Hall–Kier alpha value is -2.86. The van der Waals surface area contributed by atoms with Crippen molar-refractivity contribution in [3.05, 3.63) is 108 Å². The van der Waals surface area contributed by atoms with Gasteiger partial charge in [-0.1, -0.05) is 79.4 Å². The van der Waals surface area contributed by atoms with Crippen molar-refractivity contribution < 1.29 is 0 Å². The first-order valence-corrected chi connectivity index (χ1v) is 8.63. The lowest BCUT2D eigenvalue weighted by Gasteiger charge is -2.17. The van der Waals surface area contributed by atoms with E-state index in [1.807, 2.05) is 0 Å². The van der Waals surface area contributed by atoms with Crippen molar-refractivity contribution in [2.45, 2.75) is 20.8 Å². The Morgan fingerprint density at radius 3 is 2.20 bits per heavy atom. The van der Waals surface area contributed by atoms with Crippen molar-refractivity contribution in [1.82, 2.24) is 0 Å². The highest BCUT2D eigenvalue weighted by atomic mass is 14.2. The van der Waals surface area contributed by atoms with Gasteiger partial charge < -0.3 is 0 Å². The maximum absolute atomic E-state index is 4.37. The van der Waals surface area contributed by atoms with E-state index >= 15 is 0 Å². The van der Waals surface area contributed by atoms with E-state index in [1.54, 1.807) is 0 Å². The molecule has 3 rings (SSSR count). The topological polar surface area (TPSA) is 0 Å². The Kier molecular flexibility index (Phi) is 4.72. The summed E-state index contributed by atoms with van der Waals surface area (Å²) in [6, 6.07) is 21.4. The maximum Gasteiger partial charge on any atom is -0.0154 e. The quantitative estimate of drug-likeness (QED) is 0.448. The molecule has 0 aromatic heterocycles. The molecule has 0 bridgehead atoms. The molecule has 0 amide bonds. The molecule has 0 heterocycles. The van der Waals surface area contributed by atoms with Crippen LogP contribution in [0.3, 0.4) is 0 Å². The summed E-state index contributed by atoms with van der Waals surface area (Å²) in [7, 11) is 0. The molecule has 0 aliphatic rings. The summed E-state index contributed by atoms with van der Waals surface area (Å²) in [5, 5.41) is 2.48. The van der Waals surface area contributed by atoms with Gasteiger partial charge in [-0.3, -0.25) is 0 Å². The molecule has 0 N–H and O–H groups in total. The monoisotopic (exact) mass is 324 g/mol. The van der Waals surface area contributed by atoms with Gasteiger partial charge in [-0.15, -0.1) is 0 Å². The lowest BCUT2D eigenvalue weighted by Crippen LogP contribution is -1.95. The van der Waals surface area contributed by atoms with Gasteiger partial charge in [0.15, 0.2) is 0 Å². The Bertz CT molecular complexity index is 999. The first kappa shape index (κ1) is 17.0. The van der Waals surface area contributed by atoms with Crippen LogP contribution in [0.1, 0.15) is 29.2 Å². The standard InChI is InChI=1S/C25H24/c1-6-24(20(5)25-14-11-17(2)15-18(25)3)19(4)22-13-12-21-9-7-8-10-23(21)16-22/h6-16H,4-5H2,1-3H3/b24-6-. The minimum Gasteiger partial charge on any atom is -0.0905 e. The smallest absolute Gasteiger partial charge is 0.0154 e. The van der Waals surface area contributed by atoms with Gasteiger partial charge >= 0.3 is 0 Å². The fourth-order valence-corrected chi connectivity index (χ4v) is 3.36. The molecule has 0 aliphatic carbocycles. The molecule has 3 aromatic rings. The molecule has 0 unspecified atom stereocenters. The van der Waals surface area contributed by atoms with Crippen LogP contribution in [0.2, 0.25) is 0 Å². The van der Waals surface area contributed by atoms with E-state index in [4.69, 9.17) is 0 Å². The predicted octanol–water partition coefficient (Wildman–Crippen LogP) is 7.13. The van der Waals surface area contributed by atoms with Crippen LogP contribution in [0.5, 0.6) is 0 Å². The second kappa shape index (κ2) is 6.94. The SMILES string of the molecule is C=C(/C(=C/C)C(=C)c1ccc(C)cc1C)c1ccc2ccccc2c1. The van der Waals surface area contributed by atoms with E-state index in [-0.39, 0.29) is 0 Å². The van der Waals surface area contributed by atoms with Crippen LogP contribution in [-0.2, 0) is 0 Å². The minimum absolute atomic E-state index is 1.01. The fraction of sp³-hybridized carbons (Fsp3) is 0.120. The number of allylic oxidation sites excluding steroid dienone is 4. The minimum atomic E-state index is 1.01. The number of benzene rings is 3. The van der Waals surface area contributed by atoms with Crippen LogP contribution in [0.15, 0.2) is 85.5 Å². The van der Waals surface area contributed by atoms with E-state index in [0.29, 0.717) is 0 Å². The normalized spacial score (nSPS) is 11.6. The van der Waals surface area contributed by atoms with Crippen molar-refractivity contribution in [3.8, 4) is 0 Å². The van der Waals surface area contributed by atoms with Gasteiger partial charge in [0.1, 0.15) is 0 Å².